The Balaban J connectivity index is 1.75. The van der Waals surface area contributed by atoms with E-state index in [0.29, 0.717) is 22.8 Å². The maximum Gasteiger partial charge on any atom is 0.268 e. The van der Waals surface area contributed by atoms with Gasteiger partial charge in [0.15, 0.2) is 0 Å². The minimum Gasteiger partial charge on any atom is -0.306 e. The van der Waals surface area contributed by atoms with Crippen LogP contribution >= 0.6 is 11.3 Å². The van der Waals surface area contributed by atoms with Crippen molar-refractivity contribution in [2.75, 3.05) is 5.32 Å². The summed E-state index contributed by atoms with van der Waals surface area (Å²) in [4.78, 5) is 21.4. The molecule has 2 aromatic heterocycles. The van der Waals surface area contributed by atoms with Gasteiger partial charge >= 0.3 is 0 Å². The number of anilines is 1. The quantitative estimate of drug-likeness (QED) is 0.792. The number of aromatic nitrogens is 2. The van der Waals surface area contributed by atoms with Crippen molar-refractivity contribution < 1.29 is 9.18 Å². The van der Waals surface area contributed by atoms with Gasteiger partial charge in [-0.1, -0.05) is 18.2 Å². The van der Waals surface area contributed by atoms with Crippen LogP contribution in [0, 0.1) is 12.7 Å². The average Bonchev–Trinajstić information content (AvgIpc) is 2.91. The zero-order valence-electron chi connectivity index (χ0n) is 12.4. The number of hydrogen-bond donors (Lipinski definition) is 1. The van der Waals surface area contributed by atoms with Gasteiger partial charge in [0.2, 0.25) is 0 Å². The Kier molecular flexibility index (Phi) is 4.43. The maximum atomic E-state index is 12.9. The zero-order valence-corrected chi connectivity index (χ0v) is 13.2. The van der Waals surface area contributed by atoms with Gasteiger partial charge < -0.3 is 5.32 Å². The second-order valence-electron chi connectivity index (χ2n) is 4.99. The molecule has 3 aromatic rings. The smallest absolute Gasteiger partial charge is 0.268 e. The van der Waals surface area contributed by atoms with Crippen LogP contribution in [0.15, 0.2) is 48.7 Å². The fraction of sp³-hybridized carbons (Fsp3) is 0.118. The minimum absolute atomic E-state index is 0.218. The lowest BCUT2D eigenvalue weighted by Gasteiger charge is -2.01. The third kappa shape index (κ3) is 3.78. The third-order valence-corrected chi connectivity index (χ3v) is 4.38. The molecule has 1 N–H and O–H groups in total. The van der Waals surface area contributed by atoms with Crippen LogP contribution in [0.1, 0.15) is 25.9 Å². The fourth-order valence-corrected chi connectivity index (χ4v) is 3.12. The number of carbonyl (C=O) groups excluding carboxylic acids is 1. The number of amides is 1. The van der Waals surface area contributed by atoms with Crippen molar-refractivity contribution in [1.82, 2.24) is 9.97 Å². The summed E-state index contributed by atoms with van der Waals surface area (Å²) in [6, 6.07) is 11.6. The Morgan fingerprint density at radius 1 is 1.22 bits per heavy atom. The normalized spacial score (nSPS) is 10.5. The van der Waals surface area contributed by atoms with Crippen LogP contribution in [0.4, 0.5) is 10.2 Å². The van der Waals surface area contributed by atoms with E-state index in [0.717, 1.165) is 10.6 Å². The van der Waals surface area contributed by atoms with Crippen LogP contribution < -0.4 is 5.32 Å². The lowest BCUT2D eigenvalue weighted by molar-refractivity contribution is 0.102. The van der Waals surface area contributed by atoms with Gasteiger partial charge in [-0.25, -0.2) is 14.4 Å². The molecule has 0 spiro atoms. The van der Waals surface area contributed by atoms with E-state index in [4.69, 9.17) is 0 Å². The van der Waals surface area contributed by atoms with Crippen molar-refractivity contribution in [2.45, 2.75) is 13.3 Å². The predicted octanol–water partition coefficient (Wildman–Crippen LogP) is 3.83. The van der Waals surface area contributed by atoms with Gasteiger partial charge in [-0.2, -0.15) is 0 Å². The molecule has 0 bridgehead atoms. The van der Waals surface area contributed by atoms with E-state index in [2.05, 4.69) is 15.3 Å². The van der Waals surface area contributed by atoms with Gasteiger partial charge in [-0.15, -0.1) is 11.3 Å². The summed E-state index contributed by atoms with van der Waals surface area (Å²) in [5.41, 5.74) is 1.64. The first kappa shape index (κ1) is 15.3. The first-order valence-corrected chi connectivity index (χ1v) is 7.86. The molecule has 0 aliphatic rings. The highest BCUT2D eigenvalue weighted by Gasteiger charge is 2.16. The van der Waals surface area contributed by atoms with Gasteiger partial charge in [0, 0.05) is 12.6 Å². The first-order valence-electron chi connectivity index (χ1n) is 7.05. The number of benzene rings is 1. The van der Waals surface area contributed by atoms with E-state index in [1.165, 1.54) is 23.5 Å². The lowest BCUT2D eigenvalue weighted by atomic mass is 10.1. The van der Waals surface area contributed by atoms with Gasteiger partial charge in [0.1, 0.15) is 16.5 Å². The molecule has 0 radical (unpaired) electrons. The van der Waals surface area contributed by atoms with Crippen molar-refractivity contribution in [3.8, 4) is 0 Å². The Morgan fingerprint density at radius 3 is 2.70 bits per heavy atom. The molecule has 3 rings (SSSR count). The van der Waals surface area contributed by atoms with Crippen LogP contribution in [0.5, 0.6) is 0 Å². The fourth-order valence-electron chi connectivity index (χ4n) is 2.13. The summed E-state index contributed by atoms with van der Waals surface area (Å²) in [7, 11) is 0. The van der Waals surface area contributed by atoms with E-state index in [1.54, 1.807) is 37.4 Å². The second kappa shape index (κ2) is 6.66. The van der Waals surface area contributed by atoms with E-state index in [1.807, 2.05) is 6.07 Å². The Labute approximate surface area is 137 Å². The molecule has 0 fully saturated rings. The number of aryl methyl sites for hydroxylation is 1. The molecule has 0 saturated heterocycles. The molecule has 23 heavy (non-hydrogen) atoms. The maximum absolute atomic E-state index is 12.9. The molecule has 2 heterocycles. The summed E-state index contributed by atoms with van der Waals surface area (Å²) >= 11 is 1.34. The van der Waals surface area contributed by atoms with Crippen LogP contribution in [-0.4, -0.2) is 15.9 Å². The molecule has 1 aromatic carbocycles. The monoisotopic (exact) mass is 327 g/mol. The molecule has 0 unspecified atom stereocenters. The SMILES string of the molecule is Cc1nc(Cc2ccc(F)cc2)sc1C(=O)Nc1ccccn1. The molecule has 116 valence electrons. The van der Waals surface area contributed by atoms with Gasteiger partial charge in [-0.3, -0.25) is 4.79 Å². The number of nitrogens with one attached hydrogen (secondary N) is 1. The Hall–Kier alpha value is -2.60. The van der Waals surface area contributed by atoms with Crippen molar-refractivity contribution in [3.05, 3.63) is 75.6 Å². The highest BCUT2D eigenvalue weighted by molar-refractivity contribution is 7.14. The predicted molar refractivity (Wildman–Crippen MR) is 88.2 cm³/mol. The summed E-state index contributed by atoms with van der Waals surface area (Å²) in [5.74, 6) is 0.0222. The van der Waals surface area contributed by atoms with Crippen molar-refractivity contribution in [3.63, 3.8) is 0 Å². The largest absolute Gasteiger partial charge is 0.306 e. The first-order chi connectivity index (χ1) is 11.1. The molecule has 0 saturated carbocycles. The van der Waals surface area contributed by atoms with Crippen molar-refractivity contribution in [1.29, 1.82) is 0 Å². The van der Waals surface area contributed by atoms with Gasteiger partial charge in [-0.05, 0) is 36.8 Å². The summed E-state index contributed by atoms with van der Waals surface area (Å²) in [6.45, 7) is 1.80. The highest BCUT2D eigenvalue weighted by Crippen LogP contribution is 2.22. The van der Waals surface area contributed by atoms with E-state index in [9.17, 15) is 9.18 Å². The molecule has 0 aliphatic heterocycles. The molecule has 6 heteroatoms. The summed E-state index contributed by atoms with van der Waals surface area (Å²) < 4.78 is 12.9. The van der Waals surface area contributed by atoms with E-state index < -0.39 is 0 Å². The lowest BCUT2D eigenvalue weighted by Crippen LogP contribution is -2.12. The molecule has 0 atom stereocenters. The summed E-state index contributed by atoms with van der Waals surface area (Å²) in [6.07, 6.45) is 2.19. The molecule has 0 aliphatic carbocycles. The van der Waals surface area contributed by atoms with E-state index >= 15 is 0 Å². The molecular weight excluding hydrogens is 313 g/mol. The number of thiazole rings is 1. The standard InChI is InChI=1S/C17H14FN3OS/c1-11-16(17(22)21-14-4-2-3-9-19-14)23-15(20-11)10-12-5-7-13(18)8-6-12/h2-9H,10H2,1H3,(H,19,21,22). The van der Waals surface area contributed by atoms with Crippen LogP contribution in [0.3, 0.4) is 0 Å². The zero-order chi connectivity index (χ0) is 16.2. The Morgan fingerprint density at radius 2 is 2.00 bits per heavy atom. The second-order valence-corrected chi connectivity index (χ2v) is 6.08. The number of halogens is 1. The molecule has 1 amide bonds. The number of hydrogen-bond acceptors (Lipinski definition) is 4. The van der Waals surface area contributed by atoms with Crippen molar-refractivity contribution >= 4 is 23.1 Å². The van der Waals surface area contributed by atoms with Gasteiger partial charge in [0.25, 0.3) is 5.91 Å². The van der Waals surface area contributed by atoms with Crippen LogP contribution in [0.25, 0.3) is 0 Å². The Bertz CT molecular complexity index is 816. The number of pyridine rings is 1. The third-order valence-electron chi connectivity index (χ3n) is 3.22. The van der Waals surface area contributed by atoms with Gasteiger partial charge in [0.05, 0.1) is 10.7 Å². The highest BCUT2D eigenvalue weighted by atomic mass is 32.1. The summed E-state index contributed by atoms with van der Waals surface area (Å²) in [5, 5.41) is 3.57. The van der Waals surface area contributed by atoms with E-state index in [-0.39, 0.29) is 11.7 Å². The topological polar surface area (TPSA) is 54.9 Å². The molecule has 4 nitrogen and oxygen atoms in total. The van der Waals surface area contributed by atoms with Crippen molar-refractivity contribution in [2.24, 2.45) is 0 Å². The number of nitrogens with zero attached hydrogens (tertiary/aromatic N) is 2. The minimum atomic E-state index is -0.264. The average molecular weight is 327 g/mol. The number of rotatable bonds is 4. The van der Waals surface area contributed by atoms with Crippen LogP contribution in [0.2, 0.25) is 0 Å². The molecular formula is C17H14FN3OS. The van der Waals surface area contributed by atoms with Crippen LogP contribution in [-0.2, 0) is 6.42 Å². The number of carbonyl (C=O) groups is 1.